The van der Waals surface area contributed by atoms with Crippen molar-refractivity contribution < 1.29 is 4.79 Å². The van der Waals surface area contributed by atoms with Crippen LogP contribution in [0.2, 0.25) is 10.0 Å². The van der Waals surface area contributed by atoms with Crippen LogP contribution in [0.15, 0.2) is 51.8 Å². The molecule has 0 aromatic heterocycles. The molecule has 2 nitrogen and oxygen atoms in total. The van der Waals surface area contributed by atoms with Crippen LogP contribution in [0.5, 0.6) is 0 Å². The summed E-state index contributed by atoms with van der Waals surface area (Å²) in [6.45, 7) is 0. The number of amides is 1. The van der Waals surface area contributed by atoms with E-state index in [2.05, 4.69) is 15.9 Å². The Hall–Kier alpha value is -0.850. The third kappa shape index (κ3) is 3.64. The smallest absolute Gasteiger partial charge is 0.268 e. The highest BCUT2D eigenvalue weighted by Crippen LogP contribution is 2.38. The number of carbonyl (C=O) groups is 1. The Kier molecular flexibility index (Phi) is 5.13. The lowest BCUT2D eigenvalue weighted by molar-refractivity contribution is -0.113. The van der Waals surface area contributed by atoms with Crippen molar-refractivity contribution in [1.29, 1.82) is 0 Å². The molecule has 1 heterocycles. The lowest BCUT2D eigenvalue weighted by atomic mass is 10.2. The molecule has 0 aliphatic carbocycles. The summed E-state index contributed by atoms with van der Waals surface area (Å²) in [6, 6.07) is 12.6. The third-order valence-corrected chi connectivity index (χ3v) is 5.87. The SMILES string of the molecule is O=C1/C(=C\c2cccc(Cl)c2)SC(=S)N1c1ccc(Br)c(Cl)c1. The predicted octanol–water partition coefficient (Wildman–Crippen LogP) is 6.16. The average molecular weight is 445 g/mol. The number of hydrogen-bond donors (Lipinski definition) is 0. The van der Waals surface area contributed by atoms with Crippen molar-refractivity contribution in [2.24, 2.45) is 0 Å². The molecule has 0 N–H and O–H groups in total. The van der Waals surface area contributed by atoms with E-state index >= 15 is 0 Å². The van der Waals surface area contributed by atoms with Gasteiger partial charge in [-0.05, 0) is 57.9 Å². The molecule has 0 unspecified atom stereocenters. The van der Waals surface area contributed by atoms with E-state index in [-0.39, 0.29) is 5.91 Å². The number of thioether (sulfide) groups is 1. The minimum absolute atomic E-state index is 0.168. The van der Waals surface area contributed by atoms with Gasteiger partial charge in [0.2, 0.25) is 0 Å². The summed E-state index contributed by atoms with van der Waals surface area (Å²) >= 11 is 22.0. The minimum Gasteiger partial charge on any atom is -0.268 e. The normalized spacial score (nSPS) is 16.5. The fraction of sp³-hybridized carbons (Fsp3) is 0. The zero-order valence-corrected chi connectivity index (χ0v) is 16.2. The molecule has 0 bridgehead atoms. The number of anilines is 1. The van der Waals surface area contributed by atoms with Crippen LogP contribution in [0.3, 0.4) is 0 Å². The Balaban J connectivity index is 1.95. The lowest BCUT2D eigenvalue weighted by Gasteiger charge is -2.15. The first-order chi connectivity index (χ1) is 11.0. The van der Waals surface area contributed by atoms with Crippen molar-refractivity contribution in [3.05, 3.63) is 67.5 Å². The molecule has 3 rings (SSSR count). The summed E-state index contributed by atoms with van der Waals surface area (Å²) in [4.78, 5) is 14.7. The van der Waals surface area contributed by atoms with Crippen LogP contribution in [-0.2, 0) is 4.79 Å². The summed E-state index contributed by atoms with van der Waals surface area (Å²) in [5, 5.41) is 1.14. The van der Waals surface area contributed by atoms with E-state index in [4.69, 9.17) is 35.4 Å². The second-order valence-electron chi connectivity index (χ2n) is 4.67. The summed E-state index contributed by atoms with van der Waals surface area (Å²) in [7, 11) is 0. The largest absolute Gasteiger partial charge is 0.270 e. The predicted molar refractivity (Wildman–Crippen MR) is 106 cm³/mol. The molecule has 2 aromatic rings. The van der Waals surface area contributed by atoms with E-state index in [1.807, 2.05) is 12.1 Å². The fourth-order valence-electron chi connectivity index (χ4n) is 2.06. The first kappa shape index (κ1) is 17.0. The van der Waals surface area contributed by atoms with Gasteiger partial charge in [0.25, 0.3) is 5.91 Å². The Morgan fingerprint density at radius 3 is 2.65 bits per heavy atom. The molecule has 116 valence electrons. The van der Waals surface area contributed by atoms with Crippen LogP contribution in [0.4, 0.5) is 5.69 Å². The maximum Gasteiger partial charge on any atom is 0.270 e. The molecular weight excluding hydrogens is 437 g/mol. The molecule has 1 saturated heterocycles. The standard InChI is InChI=1S/C16H8BrCl2NOS2/c17-12-5-4-11(8-13(12)19)20-15(21)14(23-16(20)22)7-9-2-1-3-10(18)6-9/h1-8H/b14-7+. The molecule has 1 amide bonds. The Labute approximate surface area is 161 Å². The maximum absolute atomic E-state index is 12.7. The molecule has 0 spiro atoms. The zero-order chi connectivity index (χ0) is 16.6. The molecule has 7 heteroatoms. The van der Waals surface area contributed by atoms with Crippen LogP contribution < -0.4 is 4.90 Å². The molecule has 0 radical (unpaired) electrons. The van der Waals surface area contributed by atoms with Gasteiger partial charge in [-0.15, -0.1) is 0 Å². The van der Waals surface area contributed by atoms with Gasteiger partial charge in [-0.3, -0.25) is 9.69 Å². The van der Waals surface area contributed by atoms with Crippen LogP contribution in [-0.4, -0.2) is 10.2 Å². The summed E-state index contributed by atoms with van der Waals surface area (Å²) in [5.74, 6) is -0.168. The Morgan fingerprint density at radius 1 is 1.17 bits per heavy atom. The second kappa shape index (κ2) is 6.95. The Morgan fingerprint density at radius 2 is 1.96 bits per heavy atom. The highest BCUT2D eigenvalue weighted by atomic mass is 79.9. The van der Waals surface area contributed by atoms with E-state index < -0.39 is 0 Å². The van der Waals surface area contributed by atoms with Crippen molar-refractivity contribution in [2.45, 2.75) is 0 Å². The molecule has 0 atom stereocenters. The van der Waals surface area contributed by atoms with Crippen LogP contribution in [0, 0.1) is 0 Å². The second-order valence-corrected chi connectivity index (χ2v) is 8.04. The lowest BCUT2D eigenvalue weighted by Crippen LogP contribution is -2.27. The highest BCUT2D eigenvalue weighted by molar-refractivity contribution is 9.10. The van der Waals surface area contributed by atoms with Gasteiger partial charge in [0.05, 0.1) is 15.6 Å². The van der Waals surface area contributed by atoms with Gasteiger partial charge < -0.3 is 0 Å². The minimum atomic E-state index is -0.168. The van der Waals surface area contributed by atoms with Gasteiger partial charge in [0, 0.05) is 9.50 Å². The maximum atomic E-state index is 12.7. The van der Waals surface area contributed by atoms with Gasteiger partial charge in [-0.1, -0.05) is 59.3 Å². The molecule has 1 aliphatic rings. The van der Waals surface area contributed by atoms with Crippen molar-refractivity contribution in [2.75, 3.05) is 4.90 Å². The highest BCUT2D eigenvalue weighted by Gasteiger charge is 2.33. The van der Waals surface area contributed by atoms with E-state index in [1.54, 1.807) is 36.4 Å². The van der Waals surface area contributed by atoms with E-state index in [0.29, 0.717) is 25.0 Å². The monoisotopic (exact) mass is 443 g/mol. The van der Waals surface area contributed by atoms with Gasteiger partial charge in [0.15, 0.2) is 4.32 Å². The number of thiocarbonyl (C=S) groups is 1. The van der Waals surface area contributed by atoms with Crippen molar-refractivity contribution in [3.8, 4) is 0 Å². The molecular formula is C16H8BrCl2NOS2. The van der Waals surface area contributed by atoms with Gasteiger partial charge in [-0.2, -0.15) is 0 Å². The topological polar surface area (TPSA) is 20.3 Å². The number of halogens is 3. The van der Waals surface area contributed by atoms with Crippen molar-refractivity contribution in [3.63, 3.8) is 0 Å². The molecule has 2 aromatic carbocycles. The van der Waals surface area contributed by atoms with Gasteiger partial charge in [-0.25, -0.2) is 0 Å². The molecule has 1 aliphatic heterocycles. The molecule has 1 fully saturated rings. The summed E-state index contributed by atoms with van der Waals surface area (Å²) < 4.78 is 1.24. The van der Waals surface area contributed by atoms with Crippen molar-refractivity contribution >= 4 is 85.1 Å². The van der Waals surface area contributed by atoms with E-state index in [1.165, 1.54) is 16.7 Å². The first-order valence-electron chi connectivity index (χ1n) is 6.44. The summed E-state index contributed by atoms with van der Waals surface area (Å²) in [5.41, 5.74) is 1.50. The van der Waals surface area contributed by atoms with Crippen molar-refractivity contribution in [1.82, 2.24) is 0 Å². The van der Waals surface area contributed by atoms with E-state index in [9.17, 15) is 4.79 Å². The summed E-state index contributed by atoms with van der Waals surface area (Å²) in [6.07, 6.45) is 1.78. The number of hydrogen-bond acceptors (Lipinski definition) is 3. The average Bonchev–Trinajstić information content (AvgIpc) is 2.77. The zero-order valence-electron chi connectivity index (χ0n) is 11.4. The van der Waals surface area contributed by atoms with E-state index in [0.717, 1.165) is 10.0 Å². The van der Waals surface area contributed by atoms with Crippen LogP contribution in [0.1, 0.15) is 5.56 Å². The number of rotatable bonds is 2. The number of carbonyl (C=O) groups excluding carboxylic acids is 1. The molecule has 0 saturated carbocycles. The van der Waals surface area contributed by atoms with Gasteiger partial charge >= 0.3 is 0 Å². The first-order valence-corrected chi connectivity index (χ1v) is 9.21. The fourth-order valence-corrected chi connectivity index (χ4v) is 3.98. The third-order valence-electron chi connectivity index (χ3n) is 3.10. The van der Waals surface area contributed by atoms with Crippen LogP contribution in [0.25, 0.3) is 6.08 Å². The molecule has 23 heavy (non-hydrogen) atoms. The quantitative estimate of drug-likeness (QED) is 0.408. The Bertz CT molecular complexity index is 854. The van der Waals surface area contributed by atoms with Gasteiger partial charge in [0.1, 0.15) is 0 Å². The van der Waals surface area contributed by atoms with Crippen LogP contribution >= 0.6 is 63.1 Å². The number of benzene rings is 2. The number of nitrogens with zero attached hydrogens (tertiary/aromatic N) is 1.